The van der Waals surface area contributed by atoms with Crippen molar-refractivity contribution in [1.29, 1.82) is 0 Å². The maximum absolute atomic E-state index is 12.7. The molecule has 4 aliphatic rings. The van der Waals surface area contributed by atoms with E-state index in [9.17, 15) is 4.57 Å². The molecule has 9 atom stereocenters. The molecule has 0 amide bonds. The fraction of sp³-hybridized carbons (Fsp3) is 0.943. The second-order valence-corrected chi connectivity index (χ2v) is 23.6. The van der Waals surface area contributed by atoms with Crippen molar-refractivity contribution < 1.29 is 22.6 Å². The summed E-state index contributed by atoms with van der Waals surface area (Å²) in [7, 11) is -2.43. The van der Waals surface area contributed by atoms with Crippen molar-refractivity contribution in [3.63, 3.8) is 0 Å². The molecule has 42 heavy (non-hydrogen) atoms. The van der Waals surface area contributed by atoms with E-state index in [0.29, 0.717) is 22.9 Å². The highest BCUT2D eigenvalue weighted by Gasteiger charge is 2.59. The van der Waals surface area contributed by atoms with Crippen LogP contribution in [0.1, 0.15) is 120 Å². The minimum Gasteiger partial charge on any atom is -0.414 e. The Morgan fingerprint density at radius 3 is 2.24 bits per heavy atom. The van der Waals surface area contributed by atoms with E-state index in [0.717, 1.165) is 42.9 Å². The first kappa shape index (κ1) is 34.9. The van der Waals surface area contributed by atoms with E-state index in [2.05, 4.69) is 74.6 Å². The third kappa shape index (κ3) is 6.61. The molecule has 4 rings (SSSR count). The molecule has 4 aliphatic carbocycles. The fourth-order valence-corrected chi connectivity index (χ4v) is 12.1. The van der Waals surface area contributed by atoms with Gasteiger partial charge in [-0.15, -0.1) is 0 Å². The topological polar surface area (TPSA) is 54.0 Å². The minimum absolute atomic E-state index is 0.128. The summed E-state index contributed by atoms with van der Waals surface area (Å²) < 4.78 is 35.8. The molecular weight excluding hydrogens is 559 g/mol. The molecule has 0 radical (unpaired) electrons. The average Bonchev–Trinajstić information content (AvgIpc) is 3.27. The predicted octanol–water partition coefficient (Wildman–Crippen LogP) is 10.8. The standard InChI is InChI=1S/C35H65O5PSi/c1-24(2)32(39-41(36,37-9)38-10)18-13-25(3)29-16-17-30-28-15-14-26-23-27(40-42(11,12)33(4,5)6)19-21-34(26,7)31(28)20-22-35(29,30)8/h14,24-25,27-32H,13,15-23H2,1-12H3/t25-,27?,28+,29-,30+,31+,32+,34+,35-/m1/s1. The average molecular weight is 625 g/mol. The SMILES string of the molecule is COP(=O)(OC)O[C@@H](CC[C@@H](C)[C@H]1CC[C@H]2[C@@H]3CC=C4CC(O[Si](C)(C)C(C)(C)C)CC[C@]4(C)[C@H]3CC[C@]12C)C(C)C. The quantitative estimate of drug-likeness (QED) is 0.130. The van der Waals surface area contributed by atoms with Crippen LogP contribution in [-0.2, 0) is 22.6 Å². The van der Waals surface area contributed by atoms with Gasteiger partial charge in [0.05, 0.1) is 6.10 Å². The number of phosphoric acid groups is 1. The molecule has 0 aromatic carbocycles. The number of hydrogen-bond donors (Lipinski definition) is 0. The van der Waals surface area contributed by atoms with Crippen LogP contribution in [0.5, 0.6) is 0 Å². The summed E-state index contributed by atoms with van der Waals surface area (Å²) in [5.41, 5.74) is 2.52. The molecule has 0 aromatic rings. The highest BCUT2D eigenvalue weighted by Crippen LogP contribution is 2.67. The third-order valence-corrected chi connectivity index (χ3v) is 19.4. The monoisotopic (exact) mass is 624 g/mol. The Labute approximate surface area is 260 Å². The zero-order valence-corrected chi connectivity index (χ0v) is 31.2. The molecule has 0 aliphatic heterocycles. The highest BCUT2D eigenvalue weighted by atomic mass is 31.2. The maximum Gasteiger partial charge on any atom is 0.474 e. The van der Waals surface area contributed by atoms with Crippen LogP contribution in [-0.4, -0.2) is 34.7 Å². The van der Waals surface area contributed by atoms with Gasteiger partial charge < -0.3 is 4.43 Å². The lowest BCUT2D eigenvalue weighted by molar-refractivity contribution is -0.0572. The van der Waals surface area contributed by atoms with Gasteiger partial charge in [0.15, 0.2) is 8.32 Å². The van der Waals surface area contributed by atoms with Crippen LogP contribution >= 0.6 is 7.82 Å². The van der Waals surface area contributed by atoms with Gasteiger partial charge in [0.2, 0.25) is 0 Å². The second kappa shape index (κ2) is 12.7. The molecule has 0 N–H and O–H groups in total. The summed E-state index contributed by atoms with van der Waals surface area (Å²) >= 11 is 0. The maximum atomic E-state index is 12.7. The minimum atomic E-state index is -3.48. The van der Waals surface area contributed by atoms with Gasteiger partial charge in [-0.05, 0) is 129 Å². The van der Waals surface area contributed by atoms with Crippen LogP contribution in [0.25, 0.3) is 0 Å². The zero-order valence-electron chi connectivity index (χ0n) is 29.3. The Morgan fingerprint density at radius 1 is 0.976 bits per heavy atom. The second-order valence-electron chi connectivity index (χ2n) is 17.0. The first-order valence-electron chi connectivity index (χ1n) is 17.2. The molecule has 0 saturated heterocycles. The Morgan fingerprint density at radius 2 is 1.64 bits per heavy atom. The molecule has 244 valence electrons. The van der Waals surface area contributed by atoms with E-state index in [1.54, 1.807) is 5.57 Å². The van der Waals surface area contributed by atoms with E-state index in [1.165, 1.54) is 59.2 Å². The molecule has 0 aromatic heterocycles. The molecule has 0 spiro atoms. The smallest absolute Gasteiger partial charge is 0.414 e. The number of hydrogen-bond acceptors (Lipinski definition) is 5. The highest BCUT2D eigenvalue weighted by molar-refractivity contribution is 7.48. The van der Waals surface area contributed by atoms with Crippen LogP contribution in [0.3, 0.4) is 0 Å². The van der Waals surface area contributed by atoms with Crippen molar-refractivity contribution in [2.45, 2.75) is 150 Å². The first-order valence-corrected chi connectivity index (χ1v) is 21.5. The molecule has 0 bridgehead atoms. The summed E-state index contributed by atoms with van der Waals surface area (Å²) in [6.45, 7) is 23.9. The predicted molar refractivity (Wildman–Crippen MR) is 177 cm³/mol. The molecule has 0 heterocycles. The van der Waals surface area contributed by atoms with E-state index in [-0.39, 0.29) is 17.1 Å². The van der Waals surface area contributed by atoms with Gasteiger partial charge in [-0.1, -0.05) is 67.0 Å². The van der Waals surface area contributed by atoms with Gasteiger partial charge in [0.1, 0.15) is 0 Å². The third-order valence-electron chi connectivity index (χ3n) is 13.4. The lowest BCUT2D eigenvalue weighted by atomic mass is 9.47. The van der Waals surface area contributed by atoms with Crippen LogP contribution < -0.4 is 0 Å². The van der Waals surface area contributed by atoms with E-state index in [1.807, 2.05) is 0 Å². The lowest BCUT2D eigenvalue weighted by Crippen LogP contribution is -2.52. The Balaban J connectivity index is 1.42. The summed E-state index contributed by atoms with van der Waals surface area (Å²) in [6.07, 6.45) is 15.4. The summed E-state index contributed by atoms with van der Waals surface area (Å²) in [5, 5.41) is 0.266. The Hall–Kier alpha value is 0.0269. The van der Waals surface area contributed by atoms with Gasteiger partial charge in [-0.2, -0.15) is 0 Å². The molecule has 7 heteroatoms. The largest absolute Gasteiger partial charge is 0.474 e. The van der Waals surface area contributed by atoms with Gasteiger partial charge in [0, 0.05) is 20.3 Å². The van der Waals surface area contributed by atoms with Gasteiger partial charge in [-0.25, -0.2) is 4.57 Å². The molecule has 3 saturated carbocycles. The van der Waals surface area contributed by atoms with Crippen molar-refractivity contribution in [3.8, 4) is 0 Å². The normalized spacial score (nSPS) is 37.1. The van der Waals surface area contributed by atoms with Gasteiger partial charge in [-0.3, -0.25) is 13.6 Å². The lowest BCUT2D eigenvalue weighted by Gasteiger charge is -2.59. The molecule has 3 fully saturated rings. The molecule has 5 nitrogen and oxygen atoms in total. The van der Waals surface area contributed by atoms with Crippen molar-refractivity contribution in [1.82, 2.24) is 0 Å². The summed E-state index contributed by atoms with van der Waals surface area (Å²) in [4.78, 5) is 0. The summed E-state index contributed by atoms with van der Waals surface area (Å²) in [6, 6.07) is 0. The van der Waals surface area contributed by atoms with Crippen LogP contribution in [0.4, 0.5) is 0 Å². The molecular formula is C35H65O5PSi. The van der Waals surface area contributed by atoms with E-state index < -0.39 is 16.1 Å². The number of phosphoric ester groups is 1. The number of allylic oxidation sites excluding steroid dienone is 1. The van der Waals surface area contributed by atoms with Crippen LogP contribution in [0.2, 0.25) is 18.1 Å². The van der Waals surface area contributed by atoms with E-state index in [4.69, 9.17) is 18.0 Å². The Bertz CT molecular complexity index is 1010. The van der Waals surface area contributed by atoms with Crippen molar-refractivity contribution >= 4 is 16.1 Å². The van der Waals surface area contributed by atoms with Gasteiger partial charge in [0.25, 0.3) is 0 Å². The van der Waals surface area contributed by atoms with Crippen LogP contribution in [0, 0.1) is 46.3 Å². The van der Waals surface area contributed by atoms with Crippen LogP contribution in [0.15, 0.2) is 11.6 Å². The van der Waals surface area contributed by atoms with Crippen molar-refractivity contribution in [3.05, 3.63) is 11.6 Å². The number of fused-ring (bicyclic) bond motifs is 5. The fourth-order valence-electron chi connectivity index (χ4n) is 9.76. The summed E-state index contributed by atoms with van der Waals surface area (Å²) in [5.74, 6) is 4.12. The van der Waals surface area contributed by atoms with E-state index >= 15 is 0 Å². The van der Waals surface area contributed by atoms with Crippen molar-refractivity contribution in [2.24, 2.45) is 46.3 Å². The number of rotatable bonds is 11. The Kier molecular flexibility index (Phi) is 10.5. The van der Waals surface area contributed by atoms with Gasteiger partial charge >= 0.3 is 7.82 Å². The zero-order chi connectivity index (χ0) is 31.3. The van der Waals surface area contributed by atoms with Crippen molar-refractivity contribution in [2.75, 3.05) is 14.2 Å². The first-order chi connectivity index (χ1) is 19.4. The molecule has 1 unspecified atom stereocenters.